The third-order valence-corrected chi connectivity index (χ3v) is 3.32. The summed E-state index contributed by atoms with van der Waals surface area (Å²) >= 11 is 5.92. The van der Waals surface area contributed by atoms with Crippen molar-refractivity contribution in [1.29, 1.82) is 0 Å². The van der Waals surface area contributed by atoms with Gasteiger partial charge in [0.1, 0.15) is 0 Å². The normalized spacial score (nSPS) is 10.4. The predicted octanol–water partition coefficient (Wildman–Crippen LogP) is 4.33. The SMILES string of the molecule is CCOC(=O)c1ccc(-c2ccc(Cl)cc2)c(COC)c1. The Hall–Kier alpha value is -1.84. The van der Waals surface area contributed by atoms with E-state index in [1.165, 1.54) is 0 Å². The molecule has 0 atom stereocenters. The van der Waals surface area contributed by atoms with Crippen molar-refractivity contribution in [3.63, 3.8) is 0 Å². The smallest absolute Gasteiger partial charge is 0.338 e. The van der Waals surface area contributed by atoms with Gasteiger partial charge in [0.05, 0.1) is 18.8 Å². The number of ether oxygens (including phenoxy) is 2. The molecule has 3 nitrogen and oxygen atoms in total. The molecule has 0 unspecified atom stereocenters. The van der Waals surface area contributed by atoms with E-state index in [0.29, 0.717) is 23.8 Å². The number of benzene rings is 2. The molecule has 0 saturated carbocycles. The van der Waals surface area contributed by atoms with Crippen molar-refractivity contribution in [3.05, 3.63) is 58.6 Å². The summed E-state index contributed by atoms with van der Waals surface area (Å²) in [4.78, 5) is 11.8. The van der Waals surface area contributed by atoms with E-state index in [1.54, 1.807) is 20.1 Å². The quantitative estimate of drug-likeness (QED) is 0.771. The minimum atomic E-state index is -0.322. The highest BCUT2D eigenvalue weighted by molar-refractivity contribution is 6.30. The molecule has 2 aromatic carbocycles. The number of methoxy groups -OCH3 is 1. The van der Waals surface area contributed by atoms with Crippen molar-refractivity contribution in [3.8, 4) is 11.1 Å². The Kier molecular flexibility index (Phi) is 5.37. The molecule has 0 radical (unpaired) electrons. The van der Waals surface area contributed by atoms with Gasteiger partial charge in [-0.05, 0) is 47.9 Å². The van der Waals surface area contributed by atoms with Crippen LogP contribution in [-0.2, 0) is 16.1 Å². The highest BCUT2D eigenvalue weighted by Crippen LogP contribution is 2.27. The zero-order valence-electron chi connectivity index (χ0n) is 12.1. The molecule has 0 fully saturated rings. The summed E-state index contributed by atoms with van der Waals surface area (Å²) in [6, 6.07) is 13.1. The first-order chi connectivity index (χ1) is 10.2. The van der Waals surface area contributed by atoms with Crippen LogP contribution in [0.4, 0.5) is 0 Å². The summed E-state index contributed by atoms with van der Waals surface area (Å²) in [5, 5.41) is 0.690. The molecule has 0 spiro atoms. The first kappa shape index (κ1) is 15.5. The highest BCUT2D eigenvalue weighted by Gasteiger charge is 2.11. The lowest BCUT2D eigenvalue weighted by Gasteiger charge is -2.11. The highest BCUT2D eigenvalue weighted by atomic mass is 35.5. The van der Waals surface area contributed by atoms with E-state index < -0.39 is 0 Å². The standard InChI is InChI=1S/C17H17ClO3/c1-3-21-17(19)13-6-9-16(14(10-13)11-20-2)12-4-7-15(18)8-5-12/h4-10H,3,11H2,1-2H3. The summed E-state index contributed by atoms with van der Waals surface area (Å²) in [7, 11) is 1.63. The lowest BCUT2D eigenvalue weighted by molar-refractivity contribution is 0.0526. The first-order valence-corrected chi connectivity index (χ1v) is 7.08. The van der Waals surface area contributed by atoms with Gasteiger partial charge in [-0.15, -0.1) is 0 Å². The van der Waals surface area contributed by atoms with Gasteiger partial charge in [-0.1, -0.05) is 29.8 Å². The monoisotopic (exact) mass is 304 g/mol. The zero-order chi connectivity index (χ0) is 15.2. The van der Waals surface area contributed by atoms with Crippen molar-refractivity contribution in [1.82, 2.24) is 0 Å². The van der Waals surface area contributed by atoms with Gasteiger partial charge in [0.15, 0.2) is 0 Å². The minimum Gasteiger partial charge on any atom is -0.462 e. The van der Waals surface area contributed by atoms with Gasteiger partial charge < -0.3 is 9.47 Å². The number of halogens is 1. The maximum atomic E-state index is 11.8. The summed E-state index contributed by atoms with van der Waals surface area (Å²) < 4.78 is 10.3. The predicted molar refractivity (Wildman–Crippen MR) is 83.6 cm³/mol. The Morgan fingerprint density at radius 3 is 2.48 bits per heavy atom. The second-order valence-electron chi connectivity index (χ2n) is 4.53. The lowest BCUT2D eigenvalue weighted by atomic mass is 9.98. The zero-order valence-corrected chi connectivity index (χ0v) is 12.8. The topological polar surface area (TPSA) is 35.5 Å². The lowest BCUT2D eigenvalue weighted by Crippen LogP contribution is -2.06. The summed E-state index contributed by atoms with van der Waals surface area (Å²) in [6.45, 7) is 2.57. The summed E-state index contributed by atoms with van der Waals surface area (Å²) in [6.07, 6.45) is 0. The molecule has 2 aromatic rings. The van der Waals surface area contributed by atoms with Gasteiger partial charge in [-0.2, -0.15) is 0 Å². The molecule has 0 aliphatic heterocycles. The number of carbonyl (C=O) groups is 1. The van der Waals surface area contributed by atoms with E-state index in [0.717, 1.165) is 16.7 Å². The van der Waals surface area contributed by atoms with Crippen LogP contribution in [0.2, 0.25) is 5.02 Å². The van der Waals surface area contributed by atoms with Gasteiger partial charge in [0.25, 0.3) is 0 Å². The number of esters is 1. The fourth-order valence-electron chi connectivity index (χ4n) is 2.12. The molecule has 0 aliphatic rings. The molecule has 0 aliphatic carbocycles. The van der Waals surface area contributed by atoms with Gasteiger partial charge in [-0.3, -0.25) is 0 Å². The molecule has 0 N–H and O–H groups in total. The largest absolute Gasteiger partial charge is 0.462 e. The third-order valence-electron chi connectivity index (χ3n) is 3.07. The molecule has 110 valence electrons. The molecule has 21 heavy (non-hydrogen) atoms. The van der Waals surface area contributed by atoms with E-state index >= 15 is 0 Å². The second-order valence-corrected chi connectivity index (χ2v) is 4.97. The van der Waals surface area contributed by atoms with Crippen LogP contribution in [-0.4, -0.2) is 19.7 Å². The average molecular weight is 305 g/mol. The van der Waals surface area contributed by atoms with Crippen molar-refractivity contribution >= 4 is 17.6 Å². The van der Waals surface area contributed by atoms with Crippen LogP contribution in [0.3, 0.4) is 0 Å². The van der Waals surface area contributed by atoms with Crippen LogP contribution in [0, 0.1) is 0 Å². The Morgan fingerprint density at radius 1 is 1.14 bits per heavy atom. The average Bonchev–Trinajstić information content (AvgIpc) is 2.49. The number of carbonyl (C=O) groups excluding carboxylic acids is 1. The van der Waals surface area contributed by atoms with Crippen molar-refractivity contribution in [2.75, 3.05) is 13.7 Å². The van der Waals surface area contributed by atoms with Crippen LogP contribution >= 0.6 is 11.6 Å². The van der Waals surface area contributed by atoms with Crippen LogP contribution in [0.15, 0.2) is 42.5 Å². The van der Waals surface area contributed by atoms with Gasteiger partial charge in [-0.25, -0.2) is 4.79 Å². The van der Waals surface area contributed by atoms with Gasteiger partial charge in [0.2, 0.25) is 0 Å². The van der Waals surface area contributed by atoms with E-state index in [1.807, 2.05) is 36.4 Å². The number of hydrogen-bond acceptors (Lipinski definition) is 3. The van der Waals surface area contributed by atoms with E-state index in [9.17, 15) is 4.79 Å². The minimum absolute atomic E-state index is 0.322. The molecule has 4 heteroatoms. The Morgan fingerprint density at radius 2 is 1.86 bits per heavy atom. The van der Waals surface area contributed by atoms with E-state index in [4.69, 9.17) is 21.1 Å². The van der Waals surface area contributed by atoms with Crippen LogP contribution in [0.1, 0.15) is 22.8 Å². The molecule has 0 saturated heterocycles. The van der Waals surface area contributed by atoms with Crippen LogP contribution in [0.5, 0.6) is 0 Å². The Balaban J connectivity index is 2.41. The van der Waals surface area contributed by atoms with Gasteiger partial charge in [0, 0.05) is 12.1 Å². The molecule has 0 amide bonds. The van der Waals surface area contributed by atoms with Crippen molar-refractivity contribution in [2.45, 2.75) is 13.5 Å². The van der Waals surface area contributed by atoms with Gasteiger partial charge >= 0.3 is 5.97 Å². The molecule has 0 aromatic heterocycles. The van der Waals surface area contributed by atoms with E-state index in [-0.39, 0.29) is 5.97 Å². The molecular formula is C17H17ClO3. The molecule has 2 rings (SSSR count). The van der Waals surface area contributed by atoms with Crippen molar-refractivity contribution in [2.24, 2.45) is 0 Å². The molecule has 0 bridgehead atoms. The maximum Gasteiger partial charge on any atom is 0.338 e. The number of rotatable bonds is 5. The summed E-state index contributed by atoms with van der Waals surface area (Å²) in [5.41, 5.74) is 3.51. The number of hydrogen-bond donors (Lipinski definition) is 0. The molecule has 0 heterocycles. The van der Waals surface area contributed by atoms with Crippen LogP contribution in [0.25, 0.3) is 11.1 Å². The fourth-order valence-corrected chi connectivity index (χ4v) is 2.25. The molecular weight excluding hydrogens is 288 g/mol. The van der Waals surface area contributed by atoms with Crippen LogP contribution < -0.4 is 0 Å². The third kappa shape index (κ3) is 3.84. The first-order valence-electron chi connectivity index (χ1n) is 6.70. The summed E-state index contributed by atoms with van der Waals surface area (Å²) in [5.74, 6) is -0.322. The fraction of sp³-hybridized carbons (Fsp3) is 0.235. The second kappa shape index (κ2) is 7.25. The Bertz CT molecular complexity index is 620. The Labute approximate surface area is 129 Å². The maximum absolute atomic E-state index is 11.8. The van der Waals surface area contributed by atoms with Crippen molar-refractivity contribution < 1.29 is 14.3 Å². The van der Waals surface area contributed by atoms with E-state index in [2.05, 4.69) is 0 Å².